The number of nitrogens with zero attached hydrogens (tertiary/aromatic N) is 1. The van der Waals surface area contributed by atoms with Crippen molar-refractivity contribution in [3.63, 3.8) is 0 Å². The molecule has 0 fully saturated rings. The molecule has 3 nitrogen and oxygen atoms in total. The van der Waals surface area contributed by atoms with Gasteiger partial charge in [-0.3, -0.25) is 9.78 Å². The Morgan fingerprint density at radius 3 is 3.18 bits per heavy atom. The molecular weight excluding hydrogens is 142 g/mol. The fraction of sp³-hybridized carbons (Fsp3) is 0.250. The number of ether oxygens (including phenoxy) is 1. The molecule has 3 heteroatoms. The number of hydrogen-bond donors (Lipinski definition) is 0. The Hall–Kier alpha value is -1.22. The van der Waals surface area contributed by atoms with Crippen molar-refractivity contribution in [2.75, 3.05) is 6.61 Å². The van der Waals surface area contributed by atoms with E-state index in [1.165, 1.54) is 0 Å². The van der Waals surface area contributed by atoms with E-state index in [1.54, 1.807) is 18.5 Å². The molecule has 0 saturated carbocycles. The summed E-state index contributed by atoms with van der Waals surface area (Å²) in [5, 5.41) is 0. The number of carbonyl (C=O) groups is 1. The molecule has 0 amide bonds. The summed E-state index contributed by atoms with van der Waals surface area (Å²) in [4.78, 5) is 15.0. The normalized spacial score (nSPS) is 16.2. The summed E-state index contributed by atoms with van der Waals surface area (Å²) in [6, 6.07) is 1.74. The Morgan fingerprint density at radius 1 is 1.45 bits per heavy atom. The number of rotatable bonds is 0. The zero-order valence-electron chi connectivity index (χ0n) is 5.91. The van der Waals surface area contributed by atoms with Crippen molar-refractivity contribution in [3.05, 3.63) is 29.6 Å². The van der Waals surface area contributed by atoms with E-state index in [0.717, 1.165) is 11.1 Å². The van der Waals surface area contributed by atoms with Gasteiger partial charge in [0.25, 0.3) is 0 Å². The van der Waals surface area contributed by atoms with E-state index in [0.29, 0.717) is 6.61 Å². The van der Waals surface area contributed by atoms with E-state index >= 15 is 0 Å². The van der Waals surface area contributed by atoms with Crippen LogP contribution >= 0.6 is 0 Å². The van der Waals surface area contributed by atoms with Gasteiger partial charge in [0, 0.05) is 23.5 Å². The summed E-state index contributed by atoms with van der Waals surface area (Å²) in [7, 11) is 0. The average molecular weight is 149 g/mol. The quantitative estimate of drug-likeness (QED) is 0.547. The molecule has 0 atom stereocenters. The third kappa shape index (κ3) is 1.03. The molecule has 0 unspecified atom stereocenters. The summed E-state index contributed by atoms with van der Waals surface area (Å²) in [5.74, 6) is 0.0497. The number of pyridine rings is 1. The zero-order valence-corrected chi connectivity index (χ0v) is 5.91. The number of fused-ring (bicyclic) bond motifs is 1. The van der Waals surface area contributed by atoms with Crippen LogP contribution in [0.3, 0.4) is 0 Å². The molecule has 56 valence electrons. The molecule has 0 aromatic carbocycles. The first-order chi connectivity index (χ1) is 5.38. The van der Waals surface area contributed by atoms with Crippen molar-refractivity contribution in [1.82, 2.24) is 4.98 Å². The minimum absolute atomic E-state index is 0.0497. The SMILES string of the molecule is O=C1COCc2cnccc21. The molecule has 0 saturated heterocycles. The molecule has 1 aromatic heterocycles. The maximum atomic E-state index is 11.1. The molecule has 1 aromatic rings. The van der Waals surface area contributed by atoms with E-state index in [9.17, 15) is 4.79 Å². The second kappa shape index (κ2) is 2.43. The zero-order chi connectivity index (χ0) is 7.68. The maximum Gasteiger partial charge on any atom is 0.188 e. The Morgan fingerprint density at radius 2 is 2.36 bits per heavy atom. The lowest BCUT2D eigenvalue weighted by molar-refractivity contribution is 0.0664. The lowest BCUT2D eigenvalue weighted by Gasteiger charge is -2.13. The van der Waals surface area contributed by atoms with Crippen LogP contribution in [0.2, 0.25) is 0 Å². The van der Waals surface area contributed by atoms with Gasteiger partial charge in [-0.25, -0.2) is 0 Å². The standard InChI is InChI=1S/C8H7NO2/c10-8-5-11-4-6-3-9-2-1-7(6)8/h1-3H,4-5H2. The van der Waals surface area contributed by atoms with Gasteiger partial charge < -0.3 is 4.74 Å². The smallest absolute Gasteiger partial charge is 0.188 e. The molecule has 0 N–H and O–H groups in total. The first-order valence-corrected chi connectivity index (χ1v) is 3.42. The summed E-state index contributed by atoms with van der Waals surface area (Å²) in [6.45, 7) is 0.714. The lowest BCUT2D eigenvalue weighted by Crippen LogP contribution is -2.17. The summed E-state index contributed by atoms with van der Waals surface area (Å²) >= 11 is 0. The molecular formula is C8H7NO2. The Kier molecular flexibility index (Phi) is 1.43. The van der Waals surface area contributed by atoms with Gasteiger partial charge in [-0.2, -0.15) is 0 Å². The van der Waals surface area contributed by atoms with Crippen LogP contribution < -0.4 is 0 Å². The van der Waals surface area contributed by atoms with Crippen LogP contribution in [0.25, 0.3) is 0 Å². The first-order valence-electron chi connectivity index (χ1n) is 3.42. The highest BCUT2D eigenvalue weighted by atomic mass is 16.5. The third-order valence-corrected chi connectivity index (χ3v) is 1.69. The van der Waals surface area contributed by atoms with Crippen LogP contribution in [0.15, 0.2) is 18.5 Å². The average Bonchev–Trinajstić information content (AvgIpc) is 2.06. The summed E-state index contributed by atoms with van der Waals surface area (Å²) < 4.78 is 5.02. The van der Waals surface area contributed by atoms with Crippen molar-refractivity contribution in [2.45, 2.75) is 6.61 Å². The highest BCUT2D eigenvalue weighted by Crippen LogP contribution is 2.13. The predicted molar refractivity (Wildman–Crippen MR) is 38.2 cm³/mol. The van der Waals surface area contributed by atoms with Crippen molar-refractivity contribution in [2.24, 2.45) is 0 Å². The topological polar surface area (TPSA) is 39.2 Å². The molecule has 2 heterocycles. The van der Waals surface area contributed by atoms with E-state index in [1.807, 2.05) is 0 Å². The van der Waals surface area contributed by atoms with Crippen LogP contribution in [-0.4, -0.2) is 17.4 Å². The van der Waals surface area contributed by atoms with Gasteiger partial charge in [0.2, 0.25) is 0 Å². The maximum absolute atomic E-state index is 11.1. The van der Waals surface area contributed by atoms with Crippen molar-refractivity contribution >= 4 is 5.78 Å². The molecule has 1 aliphatic heterocycles. The molecule has 1 aliphatic rings. The molecule has 0 spiro atoms. The first kappa shape index (κ1) is 6.49. The van der Waals surface area contributed by atoms with Crippen LogP contribution in [0.5, 0.6) is 0 Å². The number of aromatic nitrogens is 1. The van der Waals surface area contributed by atoms with Gasteiger partial charge in [-0.1, -0.05) is 0 Å². The van der Waals surface area contributed by atoms with Crippen LogP contribution in [0.1, 0.15) is 15.9 Å². The monoisotopic (exact) mass is 149 g/mol. The van der Waals surface area contributed by atoms with Gasteiger partial charge in [0.15, 0.2) is 5.78 Å². The lowest BCUT2D eigenvalue weighted by atomic mass is 10.1. The Bertz CT molecular complexity index is 296. The van der Waals surface area contributed by atoms with Gasteiger partial charge in [0.1, 0.15) is 6.61 Å². The Labute approximate surface area is 64.0 Å². The summed E-state index contributed by atoms with van der Waals surface area (Å²) in [5.41, 5.74) is 1.65. The van der Waals surface area contributed by atoms with Crippen molar-refractivity contribution in [3.8, 4) is 0 Å². The fourth-order valence-electron chi connectivity index (χ4n) is 1.15. The van der Waals surface area contributed by atoms with Gasteiger partial charge >= 0.3 is 0 Å². The molecule has 11 heavy (non-hydrogen) atoms. The minimum atomic E-state index is 0.0497. The van der Waals surface area contributed by atoms with Crippen molar-refractivity contribution < 1.29 is 9.53 Å². The predicted octanol–water partition coefficient (Wildman–Crippen LogP) is 0.794. The van der Waals surface area contributed by atoms with Gasteiger partial charge in [0.05, 0.1) is 6.61 Å². The second-order valence-electron chi connectivity index (χ2n) is 2.45. The van der Waals surface area contributed by atoms with E-state index in [4.69, 9.17) is 4.74 Å². The number of carbonyl (C=O) groups excluding carboxylic acids is 1. The fourth-order valence-corrected chi connectivity index (χ4v) is 1.15. The largest absolute Gasteiger partial charge is 0.369 e. The molecule has 2 rings (SSSR count). The summed E-state index contributed by atoms with van der Waals surface area (Å²) in [6.07, 6.45) is 3.30. The van der Waals surface area contributed by atoms with E-state index in [2.05, 4.69) is 4.98 Å². The Balaban J connectivity index is 2.52. The molecule has 0 radical (unpaired) electrons. The second-order valence-corrected chi connectivity index (χ2v) is 2.45. The highest BCUT2D eigenvalue weighted by Gasteiger charge is 2.16. The van der Waals surface area contributed by atoms with Gasteiger partial charge in [-0.15, -0.1) is 0 Å². The van der Waals surface area contributed by atoms with E-state index < -0.39 is 0 Å². The molecule has 0 aliphatic carbocycles. The highest BCUT2D eigenvalue weighted by molar-refractivity contribution is 5.98. The number of Topliss-reactive ketones (excluding diaryl/α,β-unsaturated/α-hetero) is 1. The van der Waals surface area contributed by atoms with Crippen molar-refractivity contribution in [1.29, 1.82) is 0 Å². The van der Waals surface area contributed by atoms with Crippen LogP contribution in [-0.2, 0) is 11.3 Å². The number of ketones is 1. The van der Waals surface area contributed by atoms with Crippen LogP contribution in [0, 0.1) is 0 Å². The number of hydrogen-bond acceptors (Lipinski definition) is 3. The molecule has 0 bridgehead atoms. The van der Waals surface area contributed by atoms with Crippen LogP contribution in [0.4, 0.5) is 0 Å². The third-order valence-electron chi connectivity index (χ3n) is 1.69. The van der Waals surface area contributed by atoms with E-state index in [-0.39, 0.29) is 12.4 Å². The minimum Gasteiger partial charge on any atom is -0.369 e. The van der Waals surface area contributed by atoms with Gasteiger partial charge in [-0.05, 0) is 6.07 Å².